The van der Waals surface area contributed by atoms with Crippen molar-refractivity contribution in [3.63, 3.8) is 0 Å². The molecule has 0 aromatic carbocycles. The molecule has 1 atom stereocenters. The maximum Gasteiger partial charge on any atom is 0.233 e. The lowest BCUT2D eigenvalue weighted by atomic mass is 10.1. The normalized spacial score (nSPS) is 13.2. The van der Waals surface area contributed by atoms with Gasteiger partial charge in [-0.25, -0.2) is 9.97 Å². The fourth-order valence-electron chi connectivity index (χ4n) is 1.12. The number of anilines is 1. The molecule has 0 aliphatic carbocycles. The van der Waals surface area contributed by atoms with Crippen LogP contribution in [0.1, 0.15) is 27.7 Å². The summed E-state index contributed by atoms with van der Waals surface area (Å²) < 4.78 is 0. The molecule has 0 spiro atoms. The first-order valence-electron chi connectivity index (χ1n) is 5.35. The quantitative estimate of drug-likeness (QED) is 0.798. The molecular weight excluding hydrogens is 236 g/mol. The van der Waals surface area contributed by atoms with Gasteiger partial charge in [-0.05, 0) is 27.7 Å². The molecule has 0 saturated heterocycles. The minimum atomic E-state index is -0.256. The smallest absolute Gasteiger partial charge is 0.233 e. The van der Waals surface area contributed by atoms with Crippen LogP contribution in [0.3, 0.4) is 0 Å². The second kappa shape index (κ2) is 5.35. The van der Waals surface area contributed by atoms with Crippen molar-refractivity contribution in [1.82, 2.24) is 15.3 Å². The second-order valence-electron chi connectivity index (χ2n) is 4.75. The van der Waals surface area contributed by atoms with Gasteiger partial charge in [-0.2, -0.15) is 0 Å². The first kappa shape index (κ1) is 13.8. The largest absolute Gasteiger partial charge is 0.381 e. The summed E-state index contributed by atoms with van der Waals surface area (Å²) in [6.07, 6.45) is 3.09. The predicted octanol–water partition coefficient (Wildman–Crippen LogP) is 1.45. The van der Waals surface area contributed by atoms with Crippen molar-refractivity contribution in [3.8, 4) is 0 Å². The summed E-state index contributed by atoms with van der Waals surface area (Å²) in [7, 11) is 0. The third-order valence-corrected chi connectivity index (χ3v) is 2.95. The molecule has 0 aliphatic rings. The molecule has 1 heterocycles. The SMILES string of the molecule is CC(Sc1nccnc1N)C(=O)NC(C)(C)C. The highest BCUT2D eigenvalue weighted by molar-refractivity contribution is 8.00. The first-order valence-corrected chi connectivity index (χ1v) is 6.23. The van der Waals surface area contributed by atoms with Crippen LogP contribution in [0.25, 0.3) is 0 Å². The number of nitrogens with two attached hydrogens (primary N) is 1. The average Bonchev–Trinajstić information content (AvgIpc) is 2.18. The van der Waals surface area contributed by atoms with Crippen LogP contribution in [0.2, 0.25) is 0 Å². The fraction of sp³-hybridized carbons (Fsp3) is 0.545. The molecule has 0 radical (unpaired) electrons. The first-order chi connectivity index (χ1) is 7.79. The van der Waals surface area contributed by atoms with Crippen molar-refractivity contribution >= 4 is 23.5 Å². The zero-order valence-electron chi connectivity index (χ0n) is 10.5. The Kier molecular flexibility index (Phi) is 4.34. The number of carbonyl (C=O) groups is 1. The summed E-state index contributed by atoms with van der Waals surface area (Å²) >= 11 is 1.31. The number of rotatable bonds is 3. The Morgan fingerprint density at radius 3 is 2.53 bits per heavy atom. The zero-order chi connectivity index (χ0) is 13.1. The van der Waals surface area contributed by atoms with Crippen molar-refractivity contribution in [2.45, 2.75) is 43.5 Å². The van der Waals surface area contributed by atoms with Gasteiger partial charge >= 0.3 is 0 Å². The van der Waals surface area contributed by atoms with Gasteiger partial charge in [-0.1, -0.05) is 11.8 Å². The predicted molar refractivity (Wildman–Crippen MR) is 69.7 cm³/mol. The summed E-state index contributed by atoms with van der Waals surface area (Å²) in [5, 5.41) is 3.24. The standard InChI is InChI=1S/C11H18N4OS/c1-7(9(16)15-11(2,3)4)17-10-8(12)13-5-6-14-10/h5-7H,1-4H3,(H2,12,13)(H,15,16). The van der Waals surface area contributed by atoms with Crippen LogP contribution in [0.5, 0.6) is 0 Å². The second-order valence-corrected chi connectivity index (χ2v) is 6.08. The summed E-state index contributed by atoms with van der Waals surface area (Å²) in [6.45, 7) is 7.65. The lowest BCUT2D eigenvalue weighted by Crippen LogP contribution is -2.44. The van der Waals surface area contributed by atoms with Crippen LogP contribution in [0.15, 0.2) is 17.4 Å². The maximum absolute atomic E-state index is 11.9. The summed E-state index contributed by atoms with van der Waals surface area (Å²) in [6, 6.07) is 0. The molecule has 0 aliphatic heterocycles. The average molecular weight is 254 g/mol. The molecule has 6 heteroatoms. The van der Waals surface area contributed by atoms with Crippen molar-refractivity contribution < 1.29 is 4.79 Å². The number of nitrogen functional groups attached to an aromatic ring is 1. The number of hydrogen-bond acceptors (Lipinski definition) is 5. The van der Waals surface area contributed by atoms with E-state index in [0.29, 0.717) is 10.8 Å². The molecule has 0 saturated carbocycles. The van der Waals surface area contributed by atoms with E-state index in [9.17, 15) is 4.79 Å². The van der Waals surface area contributed by atoms with Gasteiger partial charge in [-0.15, -0.1) is 0 Å². The Labute approximate surface area is 106 Å². The summed E-state index contributed by atoms with van der Waals surface area (Å²) in [5.74, 6) is 0.320. The number of amides is 1. The van der Waals surface area contributed by atoms with E-state index in [4.69, 9.17) is 5.73 Å². The van der Waals surface area contributed by atoms with Gasteiger partial charge in [-0.3, -0.25) is 4.79 Å². The van der Waals surface area contributed by atoms with E-state index in [1.807, 2.05) is 27.7 Å². The number of aromatic nitrogens is 2. The molecule has 1 amide bonds. The van der Waals surface area contributed by atoms with Crippen LogP contribution in [0, 0.1) is 0 Å². The van der Waals surface area contributed by atoms with Crippen LogP contribution >= 0.6 is 11.8 Å². The van der Waals surface area contributed by atoms with Crippen LogP contribution in [0.4, 0.5) is 5.82 Å². The van der Waals surface area contributed by atoms with Gasteiger partial charge in [0.1, 0.15) is 5.03 Å². The number of nitrogens with one attached hydrogen (secondary N) is 1. The maximum atomic E-state index is 11.9. The van der Waals surface area contributed by atoms with Crippen molar-refractivity contribution in [2.24, 2.45) is 0 Å². The van der Waals surface area contributed by atoms with E-state index in [0.717, 1.165) is 0 Å². The van der Waals surface area contributed by atoms with E-state index in [1.54, 1.807) is 6.20 Å². The van der Waals surface area contributed by atoms with E-state index < -0.39 is 0 Å². The molecule has 0 bridgehead atoms. The molecule has 1 aromatic rings. The number of nitrogens with zero attached hydrogens (tertiary/aromatic N) is 2. The van der Waals surface area contributed by atoms with Gasteiger partial charge in [0.2, 0.25) is 5.91 Å². The Bertz CT molecular complexity index is 403. The Morgan fingerprint density at radius 2 is 2.00 bits per heavy atom. The molecule has 3 N–H and O–H groups in total. The van der Waals surface area contributed by atoms with Gasteiger partial charge in [0.15, 0.2) is 5.82 Å². The highest BCUT2D eigenvalue weighted by Gasteiger charge is 2.21. The molecular formula is C11H18N4OS. The lowest BCUT2D eigenvalue weighted by molar-refractivity contribution is -0.121. The number of hydrogen-bond donors (Lipinski definition) is 2. The zero-order valence-corrected chi connectivity index (χ0v) is 11.3. The van der Waals surface area contributed by atoms with Gasteiger partial charge in [0, 0.05) is 17.9 Å². The molecule has 94 valence electrons. The van der Waals surface area contributed by atoms with Gasteiger partial charge < -0.3 is 11.1 Å². The third-order valence-electron chi connectivity index (χ3n) is 1.85. The molecule has 1 rings (SSSR count). The fourth-order valence-corrected chi connectivity index (χ4v) is 1.92. The van der Waals surface area contributed by atoms with Crippen molar-refractivity contribution in [2.75, 3.05) is 5.73 Å². The highest BCUT2D eigenvalue weighted by atomic mass is 32.2. The van der Waals surface area contributed by atoms with Gasteiger partial charge in [0.25, 0.3) is 0 Å². The Balaban J connectivity index is 2.64. The van der Waals surface area contributed by atoms with Crippen molar-refractivity contribution in [1.29, 1.82) is 0 Å². The molecule has 1 unspecified atom stereocenters. The van der Waals surface area contributed by atoms with E-state index >= 15 is 0 Å². The molecule has 5 nitrogen and oxygen atoms in total. The highest BCUT2D eigenvalue weighted by Crippen LogP contribution is 2.24. The molecule has 0 fully saturated rings. The Hall–Kier alpha value is -1.30. The Morgan fingerprint density at radius 1 is 1.41 bits per heavy atom. The minimum absolute atomic E-state index is 0.0347. The number of carbonyl (C=O) groups excluding carboxylic acids is 1. The molecule has 17 heavy (non-hydrogen) atoms. The minimum Gasteiger partial charge on any atom is -0.381 e. The third kappa shape index (κ3) is 4.60. The van der Waals surface area contributed by atoms with Crippen LogP contribution in [-0.4, -0.2) is 26.7 Å². The van der Waals surface area contributed by atoms with E-state index in [2.05, 4.69) is 15.3 Å². The van der Waals surface area contributed by atoms with Crippen LogP contribution in [-0.2, 0) is 4.79 Å². The van der Waals surface area contributed by atoms with Gasteiger partial charge in [0.05, 0.1) is 5.25 Å². The van der Waals surface area contributed by atoms with Crippen molar-refractivity contribution in [3.05, 3.63) is 12.4 Å². The lowest BCUT2D eigenvalue weighted by Gasteiger charge is -2.22. The summed E-state index contributed by atoms with van der Waals surface area (Å²) in [4.78, 5) is 19.9. The van der Waals surface area contributed by atoms with E-state index in [1.165, 1.54) is 18.0 Å². The molecule has 1 aromatic heterocycles. The monoisotopic (exact) mass is 254 g/mol. The number of thioether (sulfide) groups is 1. The summed E-state index contributed by atoms with van der Waals surface area (Å²) in [5.41, 5.74) is 5.43. The van der Waals surface area contributed by atoms with E-state index in [-0.39, 0.29) is 16.7 Å². The van der Waals surface area contributed by atoms with Crippen LogP contribution < -0.4 is 11.1 Å². The topological polar surface area (TPSA) is 80.9 Å².